The van der Waals surface area contributed by atoms with Crippen molar-refractivity contribution in [1.82, 2.24) is 30.4 Å². The van der Waals surface area contributed by atoms with Crippen molar-refractivity contribution >= 4 is 51.4 Å². The summed E-state index contributed by atoms with van der Waals surface area (Å²) in [5, 5.41) is 32.2. The number of fused-ring (bicyclic) bond motifs is 1. The van der Waals surface area contributed by atoms with Crippen LogP contribution in [-0.2, 0) is 30.4 Å². The minimum Gasteiger partial charge on any atom is -0.747 e. The molecule has 1 aromatic carbocycles. The van der Waals surface area contributed by atoms with Crippen LogP contribution in [0.2, 0.25) is 0 Å². The highest BCUT2D eigenvalue weighted by atomic mass is 32.2. The van der Waals surface area contributed by atoms with Gasteiger partial charge in [-0.3, -0.25) is 14.5 Å². The van der Waals surface area contributed by atoms with E-state index in [0.29, 0.717) is 11.1 Å². The molecule has 1 aromatic heterocycles. The Balaban J connectivity index is 1.46. The Labute approximate surface area is 206 Å². The predicted octanol–water partition coefficient (Wildman–Crippen LogP) is -1.26. The van der Waals surface area contributed by atoms with Gasteiger partial charge in [-0.15, -0.1) is 16.9 Å². The Hall–Kier alpha value is -2.99. The maximum atomic E-state index is 12.8. The lowest BCUT2D eigenvalue weighted by Crippen LogP contribution is -2.70. The molecule has 3 atom stereocenters. The van der Waals surface area contributed by atoms with Crippen LogP contribution in [0.15, 0.2) is 46.8 Å². The molecule has 1 fully saturated rings. The standard InChI is InChI=1S/C18H18N6O8S3/c25-13(9-4-2-1-3-5-9)14(26)19-11-15(27)24-12(17(28)29)10(6-33-16(11)24)7-34-18-20-21-22-23(18)8-35(30,31)32/h1-5,11,13,16,25H,6-8H2,(H,19,26)(H,28,29)(H,30,31,32)/p-1/t11?,13-,16-/m1/s1. The van der Waals surface area contributed by atoms with Gasteiger partial charge in [0.2, 0.25) is 5.16 Å². The van der Waals surface area contributed by atoms with E-state index in [-0.39, 0.29) is 22.4 Å². The van der Waals surface area contributed by atoms with Crippen molar-refractivity contribution in [2.75, 3.05) is 11.5 Å². The molecule has 4 rings (SSSR count). The SMILES string of the molecule is O=C(O)C1=C(CSc2nnnn2CS(=O)(=O)[O-])CS[C@@H]2C(NC(=O)[C@H](O)c3ccccc3)C(=O)N12. The van der Waals surface area contributed by atoms with E-state index in [1.807, 2.05) is 0 Å². The first-order chi connectivity index (χ1) is 16.6. The van der Waals surface area contributed by atoms with Gasteiger partial charge in [0.25, 0.3) is 11.8 Å². The smallest absolute Gasteiger partial charge is 0.352 e. The first-order valence-electron chi connectivity index (χ1n) is 9.82. The third-order valence-corrected chi connectivity index (χ3v) is 8.01. The molecule has 186 valence electrons. The largest absolute Gasteiger partial charge is 0.747 e. The van der Waals surface area contributed by atoms with Gasteiger partial charge in [-0.05, 0) is 21.6 Å². The van der Waals surface area contributed by atoms with Crippen molar-refractivity contribution in [2.45, 2.75) is 28.6 Å². The monoisotopic (exact) mass is 541 g/mol. The van der Waals surface area contributed by atoms with Gasteiger partial charge in [0.05, 0.1) is 0 Å². The summed E-state index contributed by atoms with van der Waals surface area (Å²) < 4.78 is 33.8. The van der Waals surface area contributed by atoms with Crippen molar-refractivity contribution in [3.8, 4) is 0 Å². The highest BCUT2D eigenvalue weighted by Gasteiger charge is 2.54. The van der Waals surface area contributed by atoms with Gasteiger partial charge in [-0.1, -0.05) is 42.1 Å². The minimum absolute atomic E-state index is 0.00809. The van der Waals surface area contributed by atoms with Gasteiger partial charge in [0.15, 0.2) is 6.10 Å². The van der Waals surface area contributed by atoms with Crippen molar-refractivity contribution in [2.24, 2.45) is 0 Å². The van der Waals surface area contributed by atoms with E-state index in [4.69, 9.17) is 0 Å². The van der Waals surface area contributed by atoms with Crippen LogP contribution in [0.5, 0.6) is 0 Å². The number of rotatable bonds is 9. The number of aliphatic carboxylic acids is 1. The zero-order chi connectivity index (χ0) is 25.3. The molecule has 35 heavy (non-hydrogen) atoms. The number of thioether (sulfide) groups is 2. The second kappa shape index (κ2) is 9.94. The van der Waals surface area contributed by atoms with Gasteiger partial charge in [0.1, 0.15) is 33.1 Å². The molecule has 0 bridgehead atoms. The number of nitrogens with zero attached hydrogens (tertiary/aromatic N) is 5. The van der Waals surface area contributed by atoms with Gasteiger partial charge < -0.3 is 20.1 Å². The fourth-order valence-electron chi connectivity index (χ4n) is 3.50. The summed E-state index contributed by atoms with van der Waals surface area (Å²) in [7, 11) is -4.65. The number of aliphatic hydroxyl groups excluding tert-OH is 1. The average molecular weight is 542 g/mol. The Morgan fingerprint density at radius 2 is 2.03 bits per heavy atom. The number of aliphatic hydroxyl groups is 1. The molecule has 0 spiro atoms. The molecule has 3 N–H and O–H groups in total. The van der Waals surface area contributed by atoms with E-state index in [2.05, 4.69) is 20.8 Å². The fourth-order valence-corrected chi connectivity index (χ4v) is 6.41. The number of carbonyl (C=O) groups is 3. The Morgan fingerprint density at radius 1 is 1.31 bits per heavy atom. The number of carboxylic acid groups (broad SMARTS) is 1. The number of carboxylic acids is 1. The molecule has 14 nitrogen and oxygen atoms in total. The first kappa shape index (κ1) is 25.1. The molecule has 2 amide bonds. The van der Waals surface area contributed by atoms with Crippen molar-refractivity contribution < 1.29 is 37.6 Å². The predicted molar refractivity (Wildman–Crippen MR) is 119 cm³/mol. The van der Waals surface area contributed by atoms with Gasteiger partial charge >= 0.3 is 5.97 Å². The molecule has 17 heteroatoms. The summed E-state index contributed by atoms with van der Waals surface area (Å²) in [6.45, 7) is 0. The topological polar surface area (TPSA) is 208 Å². The molecular weight excluding hydrogens is 524 g/mol. The van der Waals surface area contributed by atoms with E-state index in [9.17, 15) is 37.6 Å². The Morgan fingerprint density at radius 3 is 2.69 bits per heavy atom. The molecular formula is C18H17N6O8S3-. The van der Waals surface area contributed by atoms with E-state index in [1.165, 1.54) is 11.8 Å². The summed E-state index contributed by atoms with van der Waals surface area (Å²) >= 11 is 2.14. The van der Waals surface area contributed by atoms with Crippen LogP contribution in [0, 0.1) is 0 Å². The number of tetrazole rings is 1. The normalized spacial score (nSPS) is 20.7. The number of amides is 2. The van der Waals surface area contributed by atoms with Crippen LogP contribution in [0.1, 0.15) is 11.7 Å². The molecule has 2 aliphatic rings. The van der Waals surface area contributed by atoms with Crippen LogP contribution < -0.4 is 5.32 Å². The number of hydrogen-bond acceptors (Lipinski definition) is 12. The van der Waals surface area contributed by atoms with Crippen molar-refractivity contribution in [3.63, 3.8) is 0 Å². The van der Waals surface area contributed by atoms with Crippen molar-refractivity contribution in [3.05, 3.63) is 47.2 Å². The van der Waals surface area contributed by atoms with Gasteiger partial charge in [-0.25, -0.2) is 17.9 Å². The Bertz CT molecular complexity index is 1300. The number of nitrogens with one attached hydrogen (secondary N) is 1. The summed E-state index contributed by atoms with van der Waals surface area (Å²) in [5.41, 5.74) is 0.448. The van der Waals surface area contributed by atoms with E-state index >= 15 is 0 Å². The second-order valence-corrected chi connectivity index (χ2v) is 10.8. The number of benzene rings is 1. The van der Waals surface area contributed by atoms with Crippen LogP contribution in [0.3, 0.4) is 0 Å². The van der Waals surface area contributed by atoms with E-state index in [1.54, 1.807) is 30.3 Å². The van der Waals surface area contributed by atoms with Gasteiger partial charge in [0, 0.05) is 11.5 Å². The zero-order valence-corrected chi connectivity index (χ0v) is 20.0. The van der Waals surface area contributed by atoms with Crippen LogP contribution >= 0.6 is 23.5 Å². The lowest BCUT2D eigenvalue weighted by molar-refractivity contribution is -0.151. The van der Waals surface area contributed by atoms with Crippen LogP contribution in [-0.4, -0.2) is 89.0 Å². The molecule has 0 radical (unpaired) electrons. The third-order valence-electron chi connectivity index (χ3n) is 5.07. The second-order valence-electron chi connectivity index (χ2n) is 7.40. The highest BCUT2D eigenvalue weighted by molar-refractivity contribution is 8.01. The minimum atomic E-state index is -4.65. The lowest BCUT2D eigenvalue weighted by atomic mass is 10.0. The number of β-lactam (4-membered cyclic amide) rings is 1. The highest BCUT2D eigenvalue weighted by Crippen LogP contribution is 2.41. The molecule has 3 heterocycles. The third kappa shape index (κ3) is 5.32. The molecule has 2 aromatic rings. The maximum absolute atomic E-state index is 12.8. The average Bonchev–Trinajstić information content (AvgIpc) is 3.25. The fraction of sp³-hybridized carbons (Fsp3) is 0.333. The first-order valence-corrected chi connectivity index (χ1v) is 13.4. The van der Waals surface area contributed by atoms with Crippen LogP contribution in [0.25, 0.3) is 0 Å². The summed E-state index contributed by atoms with van der Waals surface area (Å²) in [6, 6.07) is 7.14. The number of carbonyl (C=O) groups excluding carboxylic acids is 2. The number of hydrogen-bond donors (Lipinski definition) is 3. The Kier molecular flexibility index (Phi) is 7.13. The molecule has 0 aliphatic carbocycles. The zero-order valence-electron chi connectivity index (χ0n) is 17.5. The molecule has 1 saturated heterocycles. The molecule has 0 saturated carbocycles. The molecule has 2 aliphatic heterocycles. The summed E-state index contributed by atoms with van der Waals surface area (Å²) in [6.07, 6.45) is -1.49. The van der Waals surface area contributed by atoms with Crippen molar-refractivity contribution in [1.29, 1.82) is 0 Å². The van der Waals surface area contributed by atoms with E-state index in [0.717, 1.165) is 21.3 Å². The van der Waals surface area contributed by atoms with Crippen LogP contribution in [0.4, 0.5) is 0 Å². The van der Waals surface area contributed by atoms with Gasteiger partial charge in [-0.2, -0.15) is 0 Å². The number of aromatic nitrogens is 4. The quantitative estimate of drug-likeness (QED) is 0.193. The maximum Gasteiger partial charge on any atom is 0.352 e. The summed E-state index contributed by atoms with van der Waals surface area (Å²) in [5.74, 6) is -3.55. The summed E-state index contributed by atoms with van der Waals surface area (Å²) in [4.78, 5) is 38.3. The van der Waals surface area contributed by atoms with E-state index < -0.39 is 51.3 Å². The lowest BCUT2D eigenvalue weighted by Gasteiger charge is -2.49. The molecule has 1 unspecified atom stereocenters.